The van der Waals surface area contributed by atoms with Gasteiger partial charge in [-0.05, 0) is 35.7 Å². The molecule has 0 aliphatic carbocycles. The number of hydrogen-bond donors (Lipinski definition) is 1. The number of anilines is 1. The summed E-state index contributed by atoms with van der Waals surface area (Å²) in [4.78, 5) is 56.9. The van der Waals surface area contributed by atoms with E-state index < -0.39 is 23.6 Å². The highest BCUT2D eigenvalue weighted by atomic mass is 16.2. The normalized spacial score (nSPS) is 17.5. The molecule has 36 heavy (non-hydrogen) atoms. The fourth-order valence-corrected chi connectivity index (χ4v) is 5.63. The molecule has 7 rings (SSSR count). The van der Waals surface area contributed by atoms with Crippen molar-refractivity contribution in [3.63, 3.8) is 0 Å². The minimum Gasteiger partial charge on any atom is -0.368 e. The zero-order valence-corrected chi connectivity index (χ0v) is 19.2. The van der Waals surface area contributed by atoms with Gasteiger partial charge in [0.15, 0.2) is 0 Å². The molecule has 0 bridgehead atoms. The number of rotatable bonds is 2. The van der Waals surface area contributed by atoms with Crippen LogP contribution in [0.1, 0.15) is 41.4 Å². The second-order valence-corrected chi connectivity index (χ2v) is 9.15. The van der Waals surface area contributed by atoms with Crippen molar-refractivity contribution in [1.82, 2.24) is 15.3 Å². The van der Waals surface area contributed by atoms with Gasteiger partial charge in [0.05, 0.1) is 22.3 Å². The first kappa shape index (κ1) is 20.8. The molecule has 3 aliphatic heterocycles. The van der Waals surface area contributed by atoms with Gasteiger partial charge in [0.1, 0.15) is 0 Å². The molecular weight excluding hydrogens is 456 g/mol. The molecule has 0 spiro atoms. The molecule has 8 nitrogen and oxygen atoms in total. The summed E-state index contributed by atoms with van der Waals surface area (Å²) in [5, 5.41) is 7.38. The maximum Gasteiger partial charge on any atom is 0.281 e. The van der Waals surface area contributed by atoms with E-state index in [1.165, 1.54) is 0 Å². The van der Waals surface area contributed by atoms with Crippen molar-refractivity contribution in [2.45, 2.75) is 0 Å². The highest BCUT2D eigenvalue weighted by molar-refractivity contribution is 6.31. The van der Waals surface area contributed by atoms with E-state index in [0.717, 1.165) is 42.6 Å². The topological polar surface area (TPSA) is 90.0 Å². The number of hydrazine groups is 1. The summed E-state index contributed by atoms with van der Waals surface area (Å²) in [6, 6.07) is 19.2. The Balaban J connectivity index is 1.38. The Morgan fingerprint density at radius 2 is 1.06 bits per heavy atom. The number of imide groups is 2. The number of hydrogen-bond acceptors (Lipinski definition) is 6. The van der Waals surface area contributed by atoms with Crippen molar-refractivity contribution in [1.29, 1.82) is 0 Å². The number of nitrogens with zero attached hydrogens (tertiary/aromatic N) is 3. The van der Waals surface area contributed by atoms with Gasteiger partial charge in [-0.25, -0.2) is 0 Å². The Bertz CT molecular complexity index is 1600. The predicted octanol–water partition coefficient (Wildman–Crippen LogP) is 3.21. The van der Waals surface area contributed by atoms with Crippen LogP contribution in [0.5, 0.6) is 0 Å². The summed E-state index contributed by atoms with van der Waals surface area (Å²) in [5.74, 6) is -2.77. The lowest BCUT2D eigenvalue weighted by atomic mass is 9.92. The van der Waals surface area contributed by atoms with Crippen LogP contribution in [0.4, 0.5) is 5.69 Å². The molecule has 4 aromatic carbocycles. The highest BCUT2D eigenvalue weighted by Gasteiger charge is 2.45. The van der Waals surface area contributed by atoms with Crippen molar-refractivity contribution in [2.24, 2.45) is 0 Å². The summed E-state index contributed by atoms with van der Waals surface area (Å²) in [7, 11) is 0. The first-order chi connectivity index (χ1) is 17.6. The number of amides is 4. The summed E-state index contributed by atoms with van der Waals surface area (Å²) in [6.07, 6.45) is 0. The number of piperazine rings is 1. The van der Waals surface area contributed by atoms with Gasteiger partial charge in [0, 0.05) is 48.0 Å². The predicted molar refractivity (Wildman–Crippen MR) is 134 cm³/mol. The average Bonchev–Trinajstić information content (AvgIpc) is 2.92. The smallest absolute Gasteiger partial charge is 0.281 e. The summed E-state index contributed by atoms with van der Waals surface area (Å²) < 4.78 is 0. The van der Waals surface area contributed by atoms with Crippen LogP contribution in [0.25, 0.3) is 21.5 Å². The fourth-order valence-electron chi connectivity index (χ4n) is 5.63. The number of carbonyl (C=O) groups excluding carboxylic acids is 4. The Kier molecular flexibility index (Phi) is 4.31. The lowest BCUT2D eigenvalue weighted by molar-refractivity contribution is 0.00212. The van der Waals surface area contributed by atoms with Crippen LogP contribution in [0.3, 0.4) is 0 Å². The lowest BCUT2D eigenvalue weighted by Gasteiger charge is -2.37. The Hall–Kier alpha value is -4.56. The molecule has 4 aromatic rings. The van der Waals surface area contributed by atoms with Crippen LogP contribution in [0.15, 0.2) is 66.7 Å². The van der Waals surface area contributed by atoms with Crippen molar-refractivity contribution < 1.29 is 19.2 Å². The first-order valence-corrected chi connectivity index (χ1v) is 11.9. The number of carbonyl (C=O) groups is 4. The van der Waals surface area contributed by atoms with Gasteiger partial charge in [-0.3, -0.25) is 19.2 Å². The third-order valence-corrected chi connectivity index (χ3v) is 7.27. The third kappa shape index (κ3) is 2.67. The number of nitrogens with one attached hydrogen (secondary N) is 1. The van der Waals surface area contributed by atoms with Crippen LogP contribution < -0.4 is 10.2 Å². The van der Waals surface area contributed by atoms with E-state index in [0.29, 0.717) is 20.8 Å². The van der Waals surface area contributed by atoms with Gasteiger partial charge in [-0.1, -0.05) is 36.4 Å². The molecule has 0 atom stereocenters. The molecule has 0 aromatic heterocycles. The van der Waals surface area contributed by atoms with Crippen LogP contribution in [-0.2, 0) is 0 Å². The monoisotopic (exact) mass is 476 g/mol. The average molecular weight is 476 g/mol. The molecule has 4 amide bonds. The third-order valence-electron chi connectivity index (χ3n) is 7.27. The van der Waals surface area contributed by atoms with E-state index in [4.69, 9.17) is 0 Å². The van der Waals surface area contributed by atoms with E-state index in [1.807, 2.05) is 24.3 Å². The van der Waals surface area contributed by atoms with Crippen molar-refractivity contribution in [3.05, 3.63) is 89.0 Å². The van der Waals surface area contributed by atoms with Gasteiger partial charge in [-0.15, -0.1) is 0 Å². The van der Waals surface area contributed by atoms with Crippen molar-refractivity contribution in [3.8, 4) is 0 Å². The minimum atomic E-state index is -0.695. The molecule has 0 radical (unpaired) electrons. The molecule has 1 fully saturated rings. The second-order valence-electron chi connectivity index (χ2n) is 9.15. The standard InChI is InChI=1S/C28H20N4O4/c33-25-18-7-1-4-16-5-2-8-19(23(16)18)26(34)31(25)32-27(35)20-9-3-6-17-22(30-14-12-29-13-15-30)11-10-21(24(17)20)28(32)36/h1-11,29H,12-15H2. The SMILES string of the molecule is O=C1c2cccc3cccc(c23)C(=O)N1N1C(=O)c2cccc3c(N4CCNCC4)ccc(c23)C1=O. The Morgan fingerprint density at radius 3 is 1.64 bits per heavy atom. The Labute approximate surface area is 205 Å². The maximum atomic E-state index is 13.8. The van der Waals surface area contributed by atoms with Crippen molar-refractivity contribution >= 4 is 50.9 Å². The van der Waals surface area contributed by atoms with Crippen LogP contribution in [0.2, 0.25) is 0 Å². The lowest BCUT2D eigenvalue weighted by Crippen LogP contribution is -2.58. The quantitative estimate of drug-likeness (QED) is 0.447. The van der Waals surface area contributed by atoms with Crippen LogP contribution >= 0.6 is 0 Å². The van der Waals surface area contributed by atoms with Crippen LogP contribution in [0, 0.1) is 0 Å². The van der Waals surface area contributed by atoms with Crippen LogP contribution in [-0.4, -0.2) is 59.8 Å². The molecule has 176 valence electrons. The molecule has 3 aliphatic rings. The fraction of sp³-hybridized carbons (Fsp3) is 0.143. The second kappa shape index (κ2) is 7.47. The summed E-state index contributed by atoms with van der Waals surface area (Å²) in [6.45, 7) is 3.33. The van der Waals surface area contributed by atoms with Gasteiger partial charge in [0.2, 0.25) is 0 Å². The van der Waals surface area contributed by atoms with E-state index in [9.17, 15) is 19.2 Å². The van der Waals surface area contributed by atoms with Gasteiger partial charge >= 0.3 is 0 Å². The first-order valence-electron chi connectivity index (χ1n) is 11.9. The molecule has 0 saturated carbocycles. The zero-order valence-electron chi connectivity index (χ0n) is 19.2. The van der Waals surface area contributed by atoms with Gasteiger partial charge in [-0.2, -0.15) is 10.0 Å². The van der Waals surface area contributed by atoms with Crippen molar-refractivity contribution in [2.75, 3.05) is 31.1 Å². The molecular formula is C28H20N4O4. The molecule has 8 heteroatoms. The summed E-state index contributed by atoms with van der Waals surface area (Å²) >= 11 is 0. The maximum absolute atomic E-state index is 13.8. The highest BCUT2D eigenvalue weighted by Crippen LogP contribution is 2.38. The largest absolute Gasteiger partial charge is 0.368 e. The molecule has 1 saturated heterocycles. The number of benzene rings is 4. The molecule has 3 heterocycles. The van der Waals surface area contributed by atoms with E-state index in [2.05, 4.69) is 10.2 Å². The minimum absolute atomic E-state index is 0.279. The Morgan fingerprint density at radius 1 is 0.556 bits per heavy atom. The summed E-state index contributed by atoms with van der Waals surface area (Å²) in [5.41, 5.74) is 2.09. The van der Waals surface area contributed by atoms with E-state index in [1.54, 1.807) is 42.5 Å². The van der Waals surface area contributed by atoms with E-state index >= 15 is 0 Å². The van der Waals surface area contributed by atoms with Gasteiger partial charge in [0.25, 0.3) is 23.6 Å². The zero-order chi connectivity index (χ0) is 24.6. The van der Waals surface area contributed by atoms with E-state index in [-0.39, 0.29) is 22.3 Å². The molecule has 1 N–H and O–H groups in total. The van der Waals surface area contributed by atoms with Gasteiger partial charge < -0.3 is 10.2 Å². The molecule has 0 unspecified atom stereocenters.